The number of sulfonamides is 1. The monoisotopic (exact) mass is 460 g/mol. The number of nitrogens with one attached hydrogen (secondary N) is 1. The van der Waals surface area contributed by atoms with Crippen molar-refractivity contribution in [1.82, 2.24) is 13.7 Å². The van der Waals surface area contributed by atoms with E-state index in [0.717, 1.165) is 18.3 Å². The summed E-state index contributed by atoms with van der Waals surface area (Å²) in [6.07, 6.45) is -4.24. The van der Waals surface area contributed by atoms with Crippen LogP contribution in [0.25, 0.3) is 5.65 Å². The average molecular weight is 460 g/mol. The van der Waals surface area contributed by atoms with Crippen molar-refractivity contribution in [2.45, 2.75) is 17.1 Å². The summed E-state index contributed by atoms with van der Waals surface area (Å²) >= 11 is 0. The number of pyridine rings is 1. The van der Waals surface area contributed by atoms with Gasteiger partial charge in [-0.2, -0.15) is 17.5 Å². The van der Waals surface area contributed by atoms with Crippen molar-refractivity contribution in [3.05, 3.63) is 59.9 Å². The summed E-state index contributed by atoms with van der Waals surface area (Å²) in [5, 5.41) is 1.26. The van der Waals surface area contributed by atoms with Gasteiger partial charge in [-0.3, -0.25) is 9.20 Å². The fourth-order valence-corrected chi connectivity index (χ4v) is 4.85. The number of hydrogen-bond donors (Lipinski definition) is 1. The van der Waals surface area contributed by atoms with Crippen LogP contribution in [0.1, 0.15) is 16.1 Å². The first-order valence-electron chi connectivity index (χ1n) is 8.72. The predicted octanol–water partition coefficient (Wildman–Crippen LogP) is 3.25. The van der Waals surface area contributed by atoms with Gasteiger partial charge in [-0.15, -0.1) is 0 Å². The van der Waals surface area contributed by atoms with Crippen LogP contribution in [0, 0.1) is 0 Å². The zero-order valence-electron chi connectivity index (χ0n) is 15.4. The van der Waals surface area contributed by atoms with Gasteiger partial charge in [0.15, 0.2) is 10.7 Å². The molecular weight excluding hydrogens is 447 g/mol. The van der Waals surface area contributed by atoms with Crippen molar-refractivity contribution < 1.29 is 35.2 Å². The Morgan fingerprint density at radius 2 is 1.74 bits per heavy atom. The Bertz CT molecular complexity index is 1260. The molecule has 164 valence electrons. The Morgan fingerprint density at radius 1 is 1.10 bits per heavy atom. The van der Waals surface area contributed by atoms with Crippen LogP contribution in [0.4, 0.5) is 27.6 Å². The number of amides is 1. The second-order valence-corrected chi connectivity index (χ2v) is 8.71. The SMILES string of the molecule is O=C(Nc1ccccc1)c1ccn2c(S(=O)(=O)N3CC(F)(F)C3)c(C(F)(F)F)nc2c1. The molecule has 1 N–H and O–H groups in total. The van der Waals surface area contributed by atoms with Gasteiger partial charge in [-0.05, 0) is 24.3 Å². The number of anilines is 1. The molecule has 7 nitrogen and oxygen atoms in total. The molecule has 1 aromatic carbocycles. The maximum atomic E-state index is 13.5. The molecular formula is C18H13F5N4O3S. The molecule has 3 aromatic rings. The lowest BCUT2D eigenvalue weighted by Gasteiger charge is -2.37. The van der Waals surface area contributed by atoms with Gasteiger partial charge >= 0.3 is 6.18 Å². The fourth-order valence-electron chi connectivity index (χ4n) is 3.08. The molecule has 1 aliphatic rings. The van der Waals surface area contributed by atoms with E-state index in [-0.39, 0.29) is 9.87 Å². The minimum Gasteiger partial charge on any atom is -0.322 e. The van der Waals surface area contributed by atoms with E-state index < -0.39 is 57.5 Å². The fraction of sp³-hybridized carbons (Fsp3) is 0.222. The van der Waals surface area contributed by atoms with Crippen LogP contribution in [0.3, 0.4) is 0 Å². The van der Waals surface area contributed by atoms with E-state index in [4.69, 9.17) is 0 Å². The molecule has 3 heterocycles. The largest absolute Gasteiger partial charge is 0.436 e. The quantitative estimate of drug-likeness (QED) is 0.606. The number of hydrogen-bond acceptors (Lipinski definition) is 4. The molecule has 0 bridgehead atoms. The molecule has 0 atom stereocenters. The van der Waals surface area contributed by atoms with Crippen molar-refractivity contribution in [2.75, 3.05) is 18.4 Å². The van der Waals surface area contributed by atoms with Crippen molar-refractivity contribution in [1.29, 1.82) is 0 Å². The van der Waals surface area contributed by atoms with Crippen LogP contribution >= 0.6 is 0 Å². The zero-order chi connectivity index (χ0) is 22.6. The molecule has 0 saturated carbocycles. The summed E-state index contributed by atoms with van der Waals surface area (Å²) in [4.78, 5) is 15.7. The van der Waals surface area contributed by atoms with Crippen molar-refractivity contribution in [3.63, 3.8) is 0 Å². The highest BCUT2D eigenvalue weighted by Crippen LogP contribution is 2.38. The van der Waals surface area contributed by atoms with Crippen LogP contribution in [0.5, 0.6) is 0 Å². The van der Waals surface area contributed by atoms with Crippen molar-refractivity contribution >= 4 is 27.3 Å². The van der Waals surface area contributed by atoms with Gasteiger partial charge in [0.25, 0.3) is 21.9 Å². The maximum absolute atomic E-state index is 13.5. The van der Waals surface area contributed by atoms with Crippen LogP contribution in [-0.4, -0.2) is 47.0 Å². The minimum atomic E-state index is -5.17. The summed E-state index contributed by atoms with van der Waals surface area (Å²) < 4.78 is 93.0. The molecule has 1 aliphatic heterocycles. The molecule has 13 heteroatoms. The Kier molecular flexibility index (Phi) is 4.77. The van der Waals surface area contributed by atoms with Crippen molar-refractivity contribution in [3.8, 4) is 0 Å². The first-order chi connectivity index (χ1) is 14.4. The lowest BCUT2D eigenvalue weighted by molar-refractivity contribution is -0.143. The first-order valence-corrected chi connectivity index (χ1v) is 10.2. The van der Waals surface area contributed by atoms with E-state index in [1.165, 1.54) is 0 Å². The smallest absolute Gasteiger partial charge is 0.322 e. The molecule has 0 radical (unpaired) electrons. The standard InChI is InChI=1S/C18H13F5N4O3S/c19-17(20)9-26(10-17)31(29,30)16-14(18(21,22)23)25-13-8-11(6-7-27(13)16)15(28)24-12-4-2-1-3-5-12/h1-8H,9-10H2,(H,24,28). The van der Waals surface area contributed by atoms with E-state index in [0.29, 0.717) is 10.1 Å². The minimum absolute atomic E-state index is 0.0745. The van der Waals surface area contributed by atoms with Gasteiger partial charge < -0.3 is 5.32 Å². The predicted molar refractivity (Wildman–Crippen MR) is 98.3 cm³/mol. The summed E-state index contributed by atoms with van der Waals surface area (Å²) in [5.41, 5.74) is -1.86. The molecule has 31 heavy (non-hydrogen) atoms. The van der Waals surface area contributed by atoms with E-state index in [9.17, 15) is 35.2 Å². The Labute approximate surface area is 172 Å². The number of nitrogens with zero attached hydrogens (tertiary/aromatic N) is 3. The van der Waals surface area contributed by atoms with Gasteiger partial charge in [0.1, 0.15) is 5.65 Å². The molecule has 1 amide bonds. The summed E-state index contributed by atoms with van der Waals surface area (Å²) in [5.74, 6) is -3.97. The molecule has 0 aliphatic carbocycles. The van der Waals surface area contributed by atoms with Crippen molar-refractivity contribution in [2.24, 2.45) is 0 Å². The van der Waals surface area contributed by atoms with Gasteiger partial charge in [-0.25, -0.2) is 22.2 Å². The average Bonchev–Trinajstić information content (AvgIpc) is 3.07. The molecule has 4 rings (SSSR count). The van der Waals surface area contributed by atoms with E-state index in [2.05, 4.69) is 10.3 Å². The summed E-state index contributed by atoms with van der Waals surface area (Å²) in [6.45, 7) is -2.45. The summed E-state index contributed by atoms with van der Waals surface area (Å²) in [7, 11) is -4.92. The Hall–Kier alpha value is -3.06. The molecule has 2 aromatic heterocycles. The van der Waals surface area contributed by atoms with Crippen LogP contribution < -0.4 is 5.32 Å². The number of alkyl halides is 5. The number of carbonyl (C=O) groups is 1. The number of halogens is 5. The number of para-hydroxylation sites is 1. The topological polar surface area (TPSA) is 83.8 Å². The number of rotatable bonds is 4. The van der Waals surface area contributed by atoms with Gasteiger partial charge in [0, 0.05) is 17.4 Å². The van der Waals surface area contributed by atoms with Crippen LogP contribution in [0.2, 0.25) is 0 Å². The number of carbonyl (C=O) groups excluding carboxylic acids is 1. The van der Waals surface area contributed by atoms with Crippen LogP contribution in [-0.2, 0) is 16.2 Å². The maximum Gasteiger partial charge on any atom is 0.436 e. The molecule has 1 fully saturated rings. The van der Waals surface area contributed by atoms with Gasteiger partial charge in [0.2, 0.25) is 0 Å². The number of benzene rings is 1. The highest BCUT2D eigenvalue weighted by molar-refractivity contribution is 7.89. The second-order valence-electron chi connectivity index (χ2n) is 6.86. The first kappa shape index (κ1) is 21.2. The zero-order valence-corrected chi connectivity index (χ0v) is 16.2. The highest BCUT2D eigenvalue weighted by atomic mass is 32.2. The third kappa shape index (κ3) is 3.85. The van der Waals surface area contributed by atoms with Gasteiger partial charge in [0.05, 0.1) is 13.1 Å². The van der Waals surface area contributed by atoms with E-state index in [1.54, 1.807) is 30.3 Å². The number of imidazole rings is 1. The molecule has 0 unspecified atom stereocenters. The lowest BCUT2D eigenvalue weighted by atomic mass is 10.2. The van der Waals surface area contributed by atoms with Crippen LogP contribution in [0.15, 0.2) is 53.7 Å². The van der Waals surface area contributed by atoms with Gasteiger partial charge in [-0.1, -0.05) is 18.2 Å². The highest BCUT2D eigenvalue weighted by Gasteiger charge is 2.53. The second kappa shape index (κ2) is 6.99. The van der Waals surface area contributed by atoms with E-state index >= 15 is 0 Å². The Balaban J connectivity index is 1.77. The number of aromatic nitrogens is 2. The van der Waals surface area contributed by atoms with E-state index in [1.807, 2.05) is 0 Å². The lowest BCUT2D eigenvalue weighted by Crippen LogP contribution is -2.58. The third-order valence-corrected chi connectivity index (χ3v) is 6.36. The summed E-state index contributed by atoms with van der Waals surface area (Å²) in [6, 6.07) is 10.3. The third-order valence-electron chi connectivity index (χ3n) is 4.54. The Morgan fingerprint density at radius 3 is 2.32 bits per heavy atom. The molecule has 1 saturated heterocycles. The normalized spacial score (nSPS) is 16.8. The molecule has 0 spiro atoms. The number of fused-ring (bicyclic) bond motifs is 1.